The van der Waals surface area contributed by atoms with Crippen molar-refractivity contribution in [2.45, 2.75) is 33.7 Å². The van der Waals surface area contributed by atoms with E-state index >= 15 is 0 Å². The molecular formula is C17H22N2O3S. The van der Waals surface area contributed by atoms with Crippen LogP contribution in [0.3, 0.4) is 0 Å². The molecule has 0 aliphatic heterocycles. The third-order valence-electron chi connectivity index (χ3n) is 3.40. The van der Waals surface area contributed by atoms with Crippen molar-refractivity contribution in [1.82, 2.24) is 4.57 Å². The van der Waals surface area contributed by atoms with E-state index in [1.54, 1.807) is 6.92 Å². The van der Waals surface area contributed by atoms with Crippen molar-refractivity contribution in [1.29, 1.82) is 0 Å². The third kappa shape index (κ3) is 4.53. The van der Waals surface area contributed by atoms with Crippen molar-refractivity contribution in [3.63, 3.8) is 0 Å². The Balaban J connectivity index is 2.40. The number of aromatic nitrogens is 1. The number of hydrogen-bond donors (Lipinski definition) is 1. The van der Waals surface area contributed by atoms with Gasteiger partial charge < -0.3 is 14.4 Å². The van der Waals surface area contributed by atoms with E-state index in [9.17, 15) is 9.90 Å². The van der Waals surface area contributed by atoms with E-state index in [1.807, 2.05) is 35.9 Å². The molecular weight excluding hydrogens is 312 g/mol. The number of carbonyl (C=O) groups excluding carboxylic acids is 1. The molecule has 1 aromatic carbocycles. The Morgan fingerprint density at radius 1 is 1.39 bits per heavy atom. The first-order valence-corrected chi connectivity index (χ1v) is 8.48. The Hall–Kier alpha value is -1.92. The second kappa shape index (κ2) is 8.08. The average molecular weight is 334 g/mol. The van der Waals surface area contributed by atoms with E-state index < -0.39 is 0 Å². The van der Waals surface area contributed by atoms with E-state index in [1.165, 1.54) is 16.9 Å². The molecule has 2 rings (SSSR count). The topological polar surface area (TPSA) is 63.8 Å². The second-order valence-corrected chi connectivity index (χ2v) is 6.10. The molecule has 1 aromatic heterocycles. The van der Waals surface area contributed by atoms with Crippen LogP contribution in [0.15, 0.2) is 28.6 Å². The number of benzene rings is 1. The highest BCUT2D eigenvalue weighted by Gasteiger charge is 2.11. The number of nitrogens with zero attached hydrogens (tertiary/aromatic N) is 2. The molecule has 5 nitrogen and oxygen atoms in total. The van der Waals surface area contributed by atoms with Gasteiger partial charge in [0.15, 0.2) is 4.80 Å². The third-order valence-corrected chi connectivity index (χ3v) is 4.31. The first kappa shape index (κ1) is 17.4. The molecule has 0 saturated carbocycles. The van der Waals surface area contributed by atoms with Crippen molar-refractivity contribution in [3.05, 3.63) is 45.2 Å². The van der Waals surface area contributed by atoms with Gasteiger partial charge in [0.25, 0.3) is 0 Å². The number of carbonyl (C=O) groups is 1. The van der Waals surface area contributed by atoms with Gasteiger partial charge in [0.05, 0.1) is 25.3 Å². The number of aliphatic hydroxyl groups is 1. The number of aliphatic hydroxyl groups excluding tert-OH is 1. The summed E-state index contributed by atoms with van der Waals surface area (Å²) in [6.07, 6.45) is 0.187. The lowest BCUT2D eigenvalue weighted by molar-refractivity contribution is -0.142. The maximum atomic E-state index is 11.7. The molecule has 0 saturated heterocycles. The molecule has 0 amide bonds. The summed E-state index contributed by atoms with van der Waals surface area (Å²) in [5, 5.41) is 11.2. The van der Waals surface area contributed by atoms with Crippen LogP contribution in [0.4, 0.5) is 5.69 Å². The van der Waals surface area contributed by atoms with Crippen LogP contribution in [0.5, 0.6) is 0 Å². The van der Waals surface area contributed by atoms with E-state index in [0.29, 0.717) is 13.2 Å². The molecule has 23 heavy (non-hydrogen) atoms. The summed E-state index contributed by atoms with van der Waals surface area (Å²) < 4.78 is 6.87. The second-order valence-electron chi connectivity index (χ2n) is 5.27. The summed E-state index contributed by atoms with van der Waals surface area (Å²) in [6.45, 7) is 6.62. The predicted molar refractivity (Wildman–Crippen MR) is 90.9 cm³/mol. The van der Waals surface area contributed by atoms with Gasteiger partial charge in [-0.25, -0.2) is 4.99 Å². The molecule has 0 atom stereocenters. The van der Waals surface area contributed by atoms with Crippen LogP contribution in [0.25, 0.3) is 0 Å². The molecule has 0 radical (unpaired) electrons. The predicted octanol–water partition coefficient (Wildman–Crippen LogP) is 2.50. The zero-order valence-electron chi connectivity index (χ0n) is 13.7. The number of esters is 1. The molecule has 6 heteroatoms. The summed E-state index contributed by atoms with van der Waals surface area (Å²) >= 11 is 1.46. The standard InChI is InChI=1S/C17H22N2O3S/c1-4-22-16(21)10-14-11-23-17(19(14)7-8-20)18-15-6-5-12(2)9-13(15)3/h5-6,9,11,20H,4,7-8,10H2,1-3H3. The number of ether oxygens (including phenoxy) is 1. The zero-order valence-corrected chi connectivity index (χ0v) is 14.5. The Kier molecular flexibility index (Phi) is 6.12. The smallest absolute Gasteiger partial charge is 0.311 e. The highest BCUT2D eigenvalue weighted by Crippen LogP contribution is 2.19. The van der Waals surface area contributed by atoms with E-state index in [-0.39, 0.29) is 19.0 Å². The lowest BCUT2D eigenvalue weighted by Gasteiger charge is -2.07. The minimum atomic E-state index is -0.268. The Bertz CT molecular complexity index is 747. The minimum absolute atomic E-state index is 0.00732. The quantitative estimate of drug-likeness (QED) is 0.826. The van der Waals surface area contributed by atoms with Crippen LogP contribution in [-0.2, 0) is 22.5 Å². The summed E-state index contributed by atoms with van der Waals surface area (Å²) in [6, 6.07) is 6.09. The maximum absolute atomic E-state index is 11.7. The fourth-order valence-corrected chi connectivity index (χ4v) is 3.27. The van der Waals surface area contributed by atoms with Gasteiger partial charge in [-0.05, 0) is 32.4 Å². The highest BCUT2D eigenvalue weighted by atomic mass is 32.1. The van der Waals surface area contributed by atoms with Gasteiger partial charge in [-0.2, -0.15) is 0 Å². The minimum Gasteiger partial charge on any atom is -0.466 e. The normalized spacial score (nSPS) is 11.7. The van der Waals surface area contributed by atoms with Crippen molar-refractivity contribution >= 4 is 23.0 Å². The number of hydrogen-bond acceptors (Lipinski definition) is 5. The SMILES string of the molecule is CCOC(=O)Cc1csc(=Nc2ccc(C)cc2C)n1CCO. The van der Waals surface area contributed by atoms with E-state index in [4.69, 9.17) is 9.73 Å². The van der Waals surface area contributed by atoms with Gasteiger partial charge in [0, 0.05) is 17.6 Å². The number of aryl methyl sites for hydroxylation is 2. The zero-order chi connectivity index (χ0) is 16.8. The molecule has 0 aliphatic carbocycles. The Labute approximate surface area is 139 Å². The molecule has 0 unspecified atom stereocenters. The highest BCUT2D eigenvalue weighted by molar-refractivity contribution is 7.07. The molecule has 0 aliphatic rings. The van der Waals surface area contributed by atoms with Crippen LogP contribution in [0.2, 0.25) is 0 Å². The summed E-state index contributed by atoms with van der Waals surface area (Å²) in [4.78, 5) is 17.2. The Morgan fingerprint density at radius 3 is 2.83 bits per heavy atom. The van der Waals surface area contributed by atoms with Gasteiger partial charge in [-0.15, -0.1) is 11.3 Å². The summed E-state index contributed by atoms with van der Waals surface area (Å²) in [7, 11) is 0. The van der Waals surface area contributed by atoms with Gasteiger partial charge in [0.2, 0.25) is 0 Å². The fourth-order valence-electron chi connectivity index (χ4n) is 2.33. The number of rotatable bonds is 6. The number of thiazole rings is 1. The van der Waals surface area contributed by atoms with Crippen LogP contribution in [0, 0.1) is 13.8 Å². The maximum Gasteiger partial charge on any atom is 0.311 e. The first-order chi connectivity index (χ1) is 11.0. The average Bonchev–Trinajstić information content (AvgIpc) is 2.85. The van der Waals surface area contributed by atoms with Crippen molar-refractivity contribution in [2.75, 3.05) is 13.2 Å². The van der Waals surface area contributed by atoms with Gasteiger partial charge in [-0.1, -0.05) is 17.7 Å². The van der Waals surface area contributed by atoms with Crippen LogP contribution in [0.1, 0.15) is 23.7 Å². The first-order valence-electron chi connectivity index (χ1n) is 7.60. The molecule has 0 spiro atoms. The molecule has 0 bridgehead atoms. The van der Waals surface area contributed by atoms with Gasteiger partial charge in [0.1, 0.15) is 0 Å². The molecule has 1 heterocycles. The van der Waals surface area contributed by atoms with E-state index in [2.05, 4.69) is 6.07 Å². The molecule has 124 valence electrons. The van der Waals surface area contributed by atoms with Crippen molar-refractivity contribution < 1.29 is 14.6 Å². The fraction of sp³-hybridized carbons (Fsp3) is 0.412. The van der Waals surface area contributed by atoms with Crippen LogP contribution < -0.4 is 4.80 Å². The van der Waals surface area contributed by atoms with Crippen LogP contribution >= 0.6 is 11.3 Å². The van der Waals surface area contributed by atoms with Crippen molar-refractivity contribution in [2.24, 2.45) is 4.99 Å². The van der Waals surface area contributed by atoms with Gasteiger partial charge >= 0.3 is 5.97 Å². The molecule has 1 N–H and O–H groups in total. The van der Waals surface area contributed by atoms with E-state index in [0.717, 1.165) is 21.7 Å². The lowest BCUT2D eigenvalue weighted by atomic mass is 10.1. The summed E-state index contributed by atoms with van der Waals surface area (Å²) in [5.41, 5.74) is 4.00. The molecule has 2 aromatic rings. The van der Waals surface area contributed by atoms with Gasteiger partial charge in [-0.3, -0.25) is 4.79 Å². The monoisotopic (exact) mass is 334 g/mol. The van der Waals surface area contributed by atoms with Crippen molar-refractivity contribution in [3.8, 4) is 0 Å². The largest absolute Gasteiger partial charge is 0.466 e. The van der Waals surface area contributed by atoms with Crippen LogP contribution in [-0.4, -0.2) is 28.9 Å². The lowest BCUT2D eigenvalue weighted by Crippen LogP contribution is -2.21. The molecule has 0 fully saturated rings. The Morgan fingerprint density at radius 2 is 2.17 bits per heavy atom. The summed E-state index contributed by atoms with van der Waals surface area (Å²) in [5.74, 6) is -0.268.